The average molecular weight is 442 g/mol. The van der Waals surface area contributed by atoms with Crippen LogP contribution >= 0.6 is 0 Å². The number of carbonyl (C=O) groups excluding carboxylic acids is 2. The minimum atomic E-state index is -3.48. The molecule has 0 aliphatic carbocycles. The number of rotatable bonds is 7. The molecule has 1 aliphatic rings. The number of hydrogen-bond donors (Lipinski definition) is 1. The molecule has 2 aromatic rings. The Morgan fingerprint density at radius 2 is 1.74 bits per heavy atom. The van der Waals surface area contributed by atoms with E-state index < -0.39 is 10.0 Å². The predicted octanol–water partition coefficient (Wildman–Crippen LogP) is 2.95. The van der Waals surface area contributed by atoms with Gasteiger partial charge in [0.1, 0.15) is 0 Å². The summed E-state index contributed by atoms with van der Waals surface area (Å²) in [5.41, 5.74) is 2.54. The van der Waals surface area contributed by atoms with Gasteiger partial charge in [-0.1, -0.05) is 24.3 Å². The highest BCUT2D eigenvalue weighted by Crippen LogP contribution is 2.22. The monoisotopic (exact) mass is 441 g/mol. The molecule has 2 aromatic carbocycles. The van der Waals surface area contributed by atoms with Gasteiger partial charge in [-0.3, -0.25) is 9.59 Å². The number of sulfonamides is 1. The number of carbonyl (C=O) groups is 2. The summed E-state index contributed by atoms with van der Waals surface area (Å²) < 4.78 is 25.5. The van der Waals surface area contributed by atoms with Crippen LogP contribution in [0.4, 0.5) is 5.69 Å². The summed E-state index contributed by atoms with van der Waals surface area (Å²) in [6.07, 6.45) is 4.64. The summed E-state index contributed by atoms with van der Waals surface area (Å²) >= 11 is 0. The molecule has 8 heteroatoms. The Bertz CT molecular complexity index is 1070. The van der Waals surface area contributed by atoms with Gasteiger partial charge in [0.2, 0.25) is 21.8 Å². The molecule has 1 heterocycles. The second-order valence-corrected chi connectivity index (χ2v) is 9.81. The number of nitrogens with zero attached hydrogens (tertiary/aromatic N) is 2. The van der Waals surface area contributed by atoms with Gasteiger partial charge in [-0.15, -0.1) is 0 Å². The Kier molecular flexibility index (Phi) is 6.92. The van der Waals surface area contributed by atoms with E-state index in [2.05, 4.69) is 5.32 Å². The van der Waals surface area contributed by atoms with Crippen molar-refractivity contribution < 1.29 is 18.0 Å². The molecule has 1 fully saturated rings. The maximum atomic E-state index is 12.3. The van der Waals surface area contributed by atoms with Gasteiger partial charge in [0.15, 0.2) is 0 Å². The Labute approximate surface area is 183 Å². The van der Waals surface area contributed by atoms with Crippen LogP contribution in [0.15, 0.2) is 59.5 Å². The Balaban J connectivity index is 1.58. The summed E-state index contributed by atoms with van der Waals surface area (Å²) in [4.78, 5) is 26.1. The van der Waals surface area contributed by atoms with E-state index in [1.807, 2.05) is 31.2 Å². The van der Waals surface area contributed by atoms with Crippen molar-refractivity contribution in [3.63, 3.8) is 0 Å². The first-order valence-corrected chi connectivity index (χ1v) is 11.5. The third-order valence-corrected chi connectivity index (χ3v) is 7.05. The third-order valence-electron chi connectivity index (χ3n) is 5.22. The molecule has 0 bridgehead atoms. The molecule has 7 nitrogen and oxygen atoms in total. The van der Waals surface area contributed by atoms with E-state index in [-0.39, 0.29) is 22.8 Å². The second kappa shape index (κ2) is 9.45. The van der Waals surface area contributed by atoms with Gasteiger partial charge in [-0.05, 0) is 54.8 Å². The van der Waals surface area contributed by atoms with Crippen LogP contribution < -0.4 is 10.2 Å². The van der Waals surface area contributed by atoms with Gasteiger partial charge in [0.05, 0.1) is 10.9 Å². The lowest BCUT2D eigenvalue weighted by atomic mass is 10.1. The van der Waals surface area contributed by atoms with Gasteiger partial charge < -0.3 is 10.2 Å². The fourth-order valence-corrected chi connectivity index (χ4v) is 4.24. The zero-order valence-corrected chi connectivity index (χ0v) is 18.7. The summed E-state index contributed by atoms with van der Waals surface area (Å²) in [5.74, 6) is -0.111. The van der Waals surface area contributed by atoms with Crippen LogP contribution in [0.25, 0.3) is 6.08 Å². The molecule has 0 spiro atoms. The molecule has 1 N–H and O–H groups in total. The molecule has 31 heavy (non-hydrogen) atoms. The van der Waals surface area contributed by atoms with Crippen molar-refractivity contribution in [1.29, 1.82) is 0 Å². The SMILES string of the molecule is CC(NC(=O)C=Cc1ccc(N2CCCC2=O)cc1)c1ccc(S(=O)(=O)N(C)C)cc1. The maximum absolute atomic E-state index is 12.3. The largest absolute Gasteiger partial charge is 0.346 e. The lowest BCUT2D eigenvalue weighted by Crippen LogP contribution is -2.25. The predicted molar refractivity (Wildman–Crippen MR) is 121 cm³/mol. The second-order valence-electron chi connectivity index (χ2n) is 7.66. The van der Waals surface area contributed by atoms with E-state index in [4.69, 9.17) is 0 Å². The standard InChI is InChI=1S/C23H27N3O4S/c1-17(19-9-13-21(14-10-19)31(29,30)25(2)3)24-22(27)15-8-18-6-11-20(12-7-18)26-16-4-5-23(26)28/h6-15,17H,4-5,16H2,1-3H3,(H,24,27). The molecule has 1 unspecified atom stereocenters. The summed E-state index contributed by atoms with van der Waals surface area (Å²) in [5, 5.41) is 2.87. The number of hydrogen-bond acceptors (Lipinski definition) is 4. The molecule has 3 rings (SSSR count). The van der Waals surface area contributed by atoms with Crippen LogP contribution in [0.5, 0.6) is 0 Å². The van der Waals surface area contributed by atoms with E-state index >= 15 is 0 Å². The van der Waals surface area contributed by atoms with E-state index in [1.165, 1.54) is 32.3 Å². The smallest absolute Gasteiger partial charge is 0.244 e. The quantitative estimate of drug-likeness (QED) is 0.670. The zero-order valence-electron chi connectivity index (χ0n) is 17.9. The number of amides is 2. The molecule has 1 atom stereocenters. The Morgan fingerprint density at radius 3 is 2.29 bits per heavy atom. The van der Waals surface area contributed by atoms with Crippen molar-refractivity contribution in [2.24, 2.45) is 0 Å². The Morgan fingerprint density at radius 1 is 1.10 bits per heavy atom. The van der Waals surface area contributed by atoms with Crippen molar-refractivity contribution >= 4 is 33.6 Å². The highest BCUT2D eigenvalue weighted by molar-refractivity contribution is 7.89. The van der Waals surface area contributed by atoms with E-state index in [0.717, 1.165) is 34.1 Å². The molecule has 1 aliphatic heterocycles. The Hall–Kier alpha value is -2.97. The van der Waals surface area contributed by atoms with Crippen LogP contribution in [0, 0.1) is 0 Å². The normalized spacial score (nSPS) is 15.6. The van der Waals surface area contributed by atoms with Crippen LogP contribution in [0.1, 0.15) is 36.9 Å². The van der Waals surface area contributed by atoms with Crippen LogP contribution in [-0.2, 0) is 19.6 Å². The highest BCUT2D eigenvalue weighted by atomic mass is 32.2. The fourth-order valence-electron chi connectivity index (χ4n) is 3.34. The van der Waals surface area contributed by atoms with Crippen LogP contribution in [0.3, 0.4) is 0 Å². The van der Waals surface area contributed by atoms with Crippen molar-refractivity contribution in [2.45, 2.75) is 30.7 Å². The molecule has 164 valence electrons. The van der Waals surface area contributed by atoms with Crippen molar-refractivity contribution in [3.05, 3.63) is 65.7 Å². The lowest BCUT2D eigenvalue weighted by Gasteiger charge is -2.15. The lowest BCUT2D eigenvalue weighted by molar-refractivity contribution is -0.117. The molecule has 2 amide bonds. The number of nitrogens with one attached hydrogen (secondary N) is 1. The van der Waals surface area contributed by atoms with E-state index in [1.54, 1.807) is 23.1 Å². The van der Waals surface area contributed by atoms with Crippen molar-refractivity contribution in [1.82, 2.24) is 9.62 Å². The first-order valence-electron chi connectivity index (χ1n) is 10.1. The number of anilines is 1. The minimum absolute atomic E-state index is 0.143. The molecular formula is C23H27N3O4S. The molecule has 0 radical (unpaired) electrons. The molecule has 0 aromatic heterocycles. The summed E-state index contributed by atoms with van der Waals surface area (Å²) in [6, 6.07) is 13.7. The maximum Gasteiger partial charge on any atom is 0.244 e. The summed E-state index contributed by atoms with van der Waals surface area (Å²) in [7, 11) is -0.512. The fraction of sp³-hybridized carbons (Fsp3) is 0.304. The highest BCUT2D eigenvalue weighted by Gasteiger charge is 2.21. The van der Waals surface area contributed by atoms with Crippen molar-refractivity contribution in [3.8, 4) is 0 Å². The van der Waals surface area contributed by atoms with Gasteiger partial charge in [0.25, 0.3) is 0 Å². The van der Waals surface area contributed by atoms with Crippen LogP contribution in [-0.4, -0.2) is 45.2 Å². The average Bonchev–Trinajstić information content (AvgIpc) is 3.18. The number of benzene rings is 2. The van der Waals surface area contributed by atoms with E-state index in [9.17, 15) is 18.0 Å². The molecule has 0 saturated carbocycles. The van der Waals surface area contributed by atoms with Gasteiger partial charge in [-0.2, -0.15) is 0 Å². The van der Waals surface area contributed by atoms with Gasteiger partial charge in [0, 0.05) is 38.8 Å². The minimum Gasteiger partial charge on any atom is -0.346 e. The third kappa shape index (κ3) is 5.39. The van der Waals surface area contributed by atoms with Gasteiger partial charge in [-0.25, -0.2) is 12.7 Å². The van der Waals surface area contributed by atoms with Crippen molar-refractivity contribution in [2.75, 3.05) is 25.5 Å². The first kappa shape index (κ1) is 22.7. The van der Waals surface area contributed by atoms with Gasteiger partial charge >= 0.3 is 0 Å². The topological polar surface area (TPSA) is 86.8 Å². The summed E-state index contributed by atoms with van der Waals surface area (Å²) in [6.45, 7) is 2.58. The molecular weight excluding hydrogens is 414 g/mol. The zero-order chi connectivity index (χ0) is 22.6. The van der Waals surface area contributed by atoms with Crippen LogP contribution in [0.2, 0.25) is 0 Å². The first-order chi connectivity index (χ1) is 14.7. The van der Waals surface area contributed by atoms with E-state index in [0.29, 0.717) is 6.42 Å². The molecule has 1 saturated heterocycles.